The number of furan rings is 1. The Morgan fingerprint density at radius 2 is 2.45 bits per heavy atom. The molecule has 2 nitrogen and oxygen atoms in total. The molecule has 2 heteroatoms. The lowest BCUT2D eigenvalue weighted by Gasteiger charge is -2.11. The second-order valence-corrected chi connectivity index (χ2v) is 2.73. The van der Waals surface area contributed by atoms with Crippen LogP contribution in [-0.2, 0) is 6.42 Å². The van der Waals surface area contributed by atoms with E-state index in [0.29, 0.717) is 6.04 Å². The van der Waals surface area contributed by atoms with Gasteiger partial charge in [-0.25, -0.2) is 0 Å². The molecule has 0 radical (unpaired) electrons. The number of hydrogen-bond donors (Lipinski definition) is 1. The van der Waals surface area contributed by atoms with Gasteiger partial charge in [0.25, 0.3) is 0 Å². The first-order valence-electron chi connectivity index (χ1n) is 4.05. The lowest BCUT2D eigenvalue weighted by atomic mass is 10.1. The molecule has 0 fully saturated rings. The maximum atomic E-state index is 4.98. The minimum absolute atomic E-state index is 0.576. The summed E-state index contributed by atoms with van der Waals surface area (Å²) in [6, 6.07) is 2.59. The zero-order chi connectivity index (χ0) is 8.10. The first kappa shape index (κ1) is 8.34. The average Bonchev–Trinajstić information content (AvgIpc) is 2.52. The molecule has 0 bridgehead atoms. The predicted octanol–water partition coefficient (Wildman–Crippen LogP) is 1.82. The van der Waals surface area contributed by atoms with Gasteiger partial charge in [-0.2, -0.15) is 0 Å². The third-order valence-electron chi connectivity index (χ3n) is 1.96. The van der Waals surface area contributed by atoms with Crippen LogP contribution in [0.4, 0.5) is 0 Å². The Balaban J connectivity index is 2.41. The van der Waals surface area contributed by atoms with Crippen molar-refractivity contribution >= 4 is 0 Å². The van der Waals surface area contributed by atoms with E-state index in [1.807, 2.05) is 13.1 Å². The molecule has 1 aromatic rings. The van der Waals surface area contributed by atoms with Crippen LogP contribution in [0.25, 0.3) is 0 Å². The summed E-state index contributed by atoms with van der Waals surface area (Å²) in [5, 5.41) is 3.25. The molecule has 1 heterocycles. The SMILES string of the molecule is CCC(Cc1ccoc1)NC. The molecular weight excluding hydrogens is 138 g/mol. The van der Waals surface area contributed by atoms with E-state index < -0.39 is 0 Å². The smallest absolute Gasteiger partial charge is 0.0935 e. The molecule has 0 aromatic carbocycles. The fourth-order valence-corrected chi connectivity index (χ4v) is 1.14. The maximum absolute atomic E-state index is 4.98. The van der Waals surface area contributed by atoms with Crippen molar-refractivity contribution < 1.29 is 4.42 Å². The van der Waals surface area contributed by atoms with E-state index in [1.54, 1.807) is 12.5 Å². The van der Waals surface area contributed by atoms with E-state index in [0.717, 1.165) is 12.8 Å². The van der Waals surface area contributed by atoms with Crippen LogP contribution in [0.2, 0.25) is 0 Å². The Morgan fingerprint density at radius 3 is 2.91 bits per heavy atom. The van der Waals surface area contributed by atoms with Crippen molar-refractivity contribution in [3.63, 3.8) is 0 Å². The molecule has 0 aliphatic heterocycles. The molecule has 11 heavy (non-hydrogen) atoms. The second-order valence-electron chi connectivity index (χ2n) is 2.73. The standard InChI is InChI=1S/C9H15NO/c1-3-9(10-2)6-8-4-5-11-7-8/h4-5,7,9-10H,3,6H2,1-2H3. The molecular formula is C9H15NO. The fraction of sp³-hybridized carbons (Fsp3) is 0.556. The molecule has 1 atom stereocenters. The molecule has 62 valence electrons. The van der Waals surface area contributed by atoms with Gasteiger partial charge in [0.1, 0.15) is 0 Å². The third-order valence-corrected chi connectivity index (χ3v) is 1.96. The monoisotopic (exact) mass is 153 g/mol. The lowest BCUT2D eigenvalue weighted by molar-refractivity contribution is 0.530. The molecule has 1 unspecified atom stereocenters. The Labute approximate surface area is 67.6 Å². The van der Waals surface area contributed by atoms with Gasteiger partial charge >= 0.3 is 0 Å². The quantitative estimate of drug-likeness (QED) is 0.713. The highest BCUT2D eigenvalue weighted by molar-refractivity contribution is 5.07. The van der Waals surface area contributed by atoms with E-state index in [-0.39, 0.29) is 0 Å². The number of likely N-dealkylation sites (N-methyl/N-ethyl adjacent to an activating group) is 1. The van der Waals surface area contributed by atoms with Crippen molar-refractivity contribution in [1.29, 1.82) is 0 Å². The molecule has 0 aliphatic rings. The summed E-state index contributed by atoms with van der Waals surface area (Å²) in [6.07, 6.45) is 5.74. The fourth-order valence-electron chi connectivity index (χ4n) is 1.14. The van der Waals surface area contributed by atoms with Crippen LogP contribution < -0.4 is 5.32 Å². The van der Waals surface area contributed by atoms with Crippen LogP contribution in [0, 0.1) is 0 Å². The second kappa shape index (κ2) is 4.19. The highest BCUT2D eigenvalue weighted by Gasteiger charge is 2.04. The zero-order valence-electron chi connectivity index (χ0n) is 7.13. The van der Waals surface area contributed by atoms with Crippen LogP contribution >= 0.6 is 0 Å². The Kier molecular flexibility index (Phi) is 3.17. The minimum atomic E-state index is 0.576. The van der Waals surface area contributed by atoms with E-state index in [9.17, 15) is 0 Å². The summed E-state index contributed by atoms with van der Waals surface area (Å²) < 4.78 is 4.98. The molecule has 1 rings (SSSR count). The Bertz CT molecular complexity index is 177. The van der Waals surface area contributed by atoms with Crippen molar-refractivity contribution in [1.82, 2.24) is 5.32 Å². The van der Waals surface area contributed by atoms with Crippen LogP contribution in [0.15, 0.2) is 23.0 Å². The van der Waals surface area contributed by atoms with Gasteiger partial charge in [-0.1, -0.05) is 6.92 Å². The van der Waals surface area contributed by atoms with Gasteiger partial charge in [-0.05, 0) is 31.5 Å². The van der Waals surface area contributed by atoms with E-state index in [1.165, 1.54) is 5.56 Å². The predicted molar refractivity (Wildman–Crippen MR) is 45.6 cm³/mol. The first-order chi connectivity index (χ1) is 5.36. The van der Waals surface area contributed by atoms with Gasteiger partial charge in [-0.15, -0.1) is 0 Å². The van der Waals surface area contributed by atoms with Gasteiger partial charge in [0, 0.05) is 6.04 Å². The molecule has 1 N–H and O–H groups in total. The third kappa shape index (κ3) is 2.39. The van der Waals surface area contributed by atoms with E-state index in [4.69, 9.17) is 4.42 Å². The van der Waals surface area contributed by atoms with Crippen LogP contribution in [0.1, 0.15) is 18.9 Å². The zero-order valence-corrected chi connectivity index (χ0v) is 7.13. The Morgan fingerprint density at radius 1 is 1.64 bits per heavy atom. The lowest BCUT2D eigenvalue weighted by Crippen LogP contribution is -2.26. The summed E-state index contributed by atoms with van der Waals surface area (Å²) in [5.41, 5.74) is 1.27. The van der Waals surface area contributed by atoms with Crippen LogP contribution in [0.5, 0.6) is 0 Å². The maximum Gasteiger partial charge on any atom is 0.0935 e. The summed E-state index contributed by atoms with van der Waals surface area (Å²) in [5.74, 6) is 0. The summed E-state index contributed by atoms with van der Waals surface area (Å²) in [7, 11) is 1.99. The van der Waals surface area contributed by atoms with Crippen LogP contribution in [0.3, 0.4) is 0 Å². The number of rotatable bonds is 4. The van der Waals surface area contributed by atoms with Crippen molar-refractivity contribution in [3.05, 3.63) is 24.2 Å². The summed E-state index contributed by atoms with van der Waals surface area (Å²) in [4.78, 5) is 0. The van der Waals surface area contributed by atoms with E-state index >= 15 is 0 Å². The molecule has 0 saturated carbocycles. The molecule has 0 aliphatic carbocycles. The largest absolute Gasteiger partial charge is 0.472 e. The average molecular weight is 153 g/mol. The molecule has 0 saturated heterocycles. The first-order valence-corrected chi connectivity index (χ1v) is 4.05. The minimum Gasteiger partial charge on any atom is -0.472 e. The highest BCUT2D eigenvalue weighted by atomic mass is 16.3. The molecule has 1 aromatic heterocycles. The number of nitrogens with one attached hydrogen (secondary N) is 1. The Hall–Kier alpha value is -0.760. The van der Waals surface area contributed by atoms with Gasteiger partial charge in [0.15, 0.2) is 0 Å². The van der Waals surface area contributed by atoms with Crippen LogP contribution in [-0.4, -0.2) is 13.1 Å². The van der Waals surface area contributed by atoms with Crippen molar-refractivity contribution in [3.8, 4) is 0 Å². The van der Waals surface area contributed by atoms with Gasteiger partial charge in [0.2, 0.25) is 0 Å². The molecule has 0 amide bonds. The van der Waals surface area contributed by atoms with Gasteiger partial charge in [0.05, 0.1) is 12.5 Å². The summed E-state index contributed by atoms with van der Waals surface area (Å²) >= 11 is 0. The normalized spacial score (nSPS) is 13.3. The topological polar surface area (TPSA) is 25.2 Å². The van der Waals surface area contributed by atoms with E-state index in [2.05, 4.69) is 12.2 Å². The van der Waals surface area contributed by atoms with Gasteiger partial charge in [-0.3, -0.25) is 0 Å². The number of hydrogen-bond acceptors (Lipinski definition) is 2. The molecule has 0 spiro atoms. The highest BCUT2D eigenvalue weighted by Crippen LogP contribution is 2.05. The summed E-state index contributed by atoms with van der Waals surface area (Å²) in [6.45, 7) is 2.18. The van der Waals surface area contributed by atoms with Crippen molar-refractivity contribution in [2.24, 2.45) is 0 Å². The van der Waals surface area contributed by atoms with Crippen molar-refractivity contribution in [2.45, 2.75) is 25.8 Å². The van der Waals surface area contributed by atoms with Gasteiger partial charge < -0.3 is 9.73 Å². The van der Waals surface area contributed by atoms with Crippen molar-refractivity contribution in [2.75, 3.05) is 7.05 Å².